The van der Waals surface area contributed by atoms with Gasteiger partial charge in [-0.1, -0.05) is 6.07 Å². The van der Waals surface area contributed by atoms with Gasteiger partial charge in [-0.05, 0) is 31.3 Å². The smallest absolute Gasteiger partial charge is 0.184 e. The van der Waals surface area contributed by atoms with Crippen molar-refractivity contribution in [2.75, 3.05) is 13.1 Å². The zero-order chi connectivity index (χ0) is 11.6. The monoisotopic (exact) mass is 236 g/mol. The molecule has 1 aliphatic rings. The van der Waals surface area contributed by atoms with Crippen LogP contribution in [0.25, 0.3) is 0 Å². The summed E-state index contributed by atoms with van der Waals surface area (Å²) in [5.74, 6) is 0. The molecule has 1 aliphatic heterocycles. The molecule has 3 nitrogen and oxygen atoms in total. The second-order valence-corrected chi connectivity index (χ2v) is 9.87. The average Bonchev–Trinajstić information content (AvgIpc) is 2.14. The topological polar surface area (TPSA) is 25.4 Å². The summed E-state index contributed by atoms with van der Waals surface area (Å²) in [7, 11) is -1.35. The van der Waals surface area contributed by atoms with Crippen LogP contribution in [0.4, 0.5) is 0 Å². The first-order valence-electron chi connectivity index (χ1n) is 5.82. The van der Waals surface area contributed by atoms with Crippen LogP contribution in [-0.4, -0.2) is 37.4 Å². The zero-order valence-corrected chi connectivity index (χ0v) is 11.3. The number of hydrogen-bond acceptors (Lipinski definition) is 3. The minimum Gasteiger partial charge on any atom is -0.412 e. The molecule has 1 aromatic rings. The lowest BCUT2D eigenvalue weighted by Crippen LogP contribution is -2.54. The van der Waals surface area contributed by atoms with Crippen LogP contribution in [0.3, 0.4) is 0 Å². The average molecular weight is 236 g/mol. The molecule has 0 saturated carbocycles. The van der Waals surface area contributed by atoms with Crippen molar-refractivity contribution in [1.82, 2.24) is 9.88 Å². The van der Waals surface area contributed by atoms with Gasteiger partial charge in [0.1, 0.15) is 0 Å². The van der Waals surface area contributed by atoms with Gasteiger partial charge in [-0.3, -0.25) is 9.88 Å². The molecule has 88 valence electrons. The van der Waals surface area contributed by atoms with Crippen molar-refractivity contribution >= 4 is 8.32 Å². The molecule has 0 N–H and O–H groups in total. The Balaban J connectivity index is 1.73. The highest BCUT2D eigenvalue weighted by atomic mass is 28.4. The van der Waals surface area contributed by atoms with Crippen molar-refractivity contribution in [3.63, 3.8) is 0 Å². The lowest BCUT2D eigenvalue weighted by atomic mass is 10.1. The summed E-state index contributed by atoms with van der Waals surface area (Å²) in [6.07, 6.45) is 4.21. The Kier molecular flexibility index (Phi) is 3.42. The number of rotatable bonds is 4. The minimum absolute atomic E-state index is 0.461. The largest absolute Gasteiger partial charge is 0.412 e. The summed E-state index contributed by atoms with van der Waals surface area (Å²) in [6, 6.07) is 4.12. The van der Waals surface area contributed by atoms with E-state index in [9.17, 15) is 0 Å². The van der Waals surface area contributed by atoms with E-state index in [-0.39, 0.29) is 0 Å². The quantitative estimate of drug-likeness (QED) is 0.749. The van der Waals surface area contributed by atoms with Crippen LogP contribution in [-0.2, 0) is 11.0 Å². The van der Waals surface area contributed by atoms with Crippen molar-refractivity contribution in [3.8, 4) is 0 Å². The van der Waals surface area contributed by atoms with E-state index in [4.69, 9.17) is 4.43 Å². The molecule has 1 fully saturated rings. The number of hydrogen-bond donors (Lipinski definition) is 0. The van der Waals surface area contributed by atoms with E-state index < -0.39 is 8.32 Å². The summed E-state index contributed by atoms with van der Waals surface area (Å²) in [5, 5.41) is 0. The SMILES string of the molecule is C[Si](C)(C)OC1CN(Cc2cccnc2)C1. The third kappa shape index (κ3) is 3.40. The molecular formula is C12H20N2OSi. The van der Waals surface area contributed by atoms with E-state index in [1.807, 2.05) is 18.5 Å². The molecule has 0 bridgehead atoms. The van der Waals surface area contributed by atoms with Crippen LogP contribution < -0.4 is 0 Å². The molecule has 0 aromatic carbocycles. The molecule has 0 radical (unpaired) electrons. The summed E-state index contributed by atoms with van der Waals surface area (Å²) in [6.45, 7) is 9.88. The van der Waals surface area contributed by atoms with Crippen LogP contribution >= 0.6 is 0 Å². The Labute approximate surface area is 98.6 Å². The van der Waals surface area contributed by atoms with E-state index >= 15 is 0 Å². The van der Waals surface area contributed by atoms with E-state index in [1.165, 1.54) is 5.56 Å². The Hall–Kier alpha value is -0.713. The van der Waals surface area contributed by atoms with Crippen LogP contribution in [0.5, 0.6) is 0 Å². The van der Waals surface area contributed by atoms with Crippen molar-refractivity contribution < 1.29 is 4.43 Å². The number of aromatic nitrogens is 1. The molecule has 0 unspecified atom stereocenters. The van der Waals surface area contributed by atoms with Crippen LogP contribution in [0, 0.1) is 0 Å². The highest BCUT2D eigenvalue weighted by Gasteiger charge is 2.31. The Morgan fingerprint density at radius 3 is 2.75 bits per heavy atom. The maximum atomic E-state index is 6.02. The molecule has 16 heavy (non-hydrogen) atoms. The Bertz CT molecular complexity index is 331. The normalized spacial score (nSPS) is 18.4. The Morgan fingerprint density at radius 2 is 2.19 bits per heavy atom. The van der Waals surface area contributed by atoms with Gasteiger partial charge in [-0.2, -0.15) is 0 Å². The van der Waals surface area contributed by atoms with E-state index in [0.29, 0.717) is 6.10 Å². The van der Waals surface area contributed by atoms with Gasteiger partial charge in [0, 0.05) is 32.0 Å². The third-order valence-corrected chi connectivity index (χ3v) is 3.61. The molecule has 4 heteroatoms. The highest BCUT2D eigenvalue weighted by Crippen LogP contribution is 2.18. The lowest BCUT2D eigenvalue weighted by Gasteiger charge is -2.42. The van der Waals surface area contributed by atoms with Crippen molar-refractivity contribution in [2.24, 2.45) is 0 Å². The maximum Gasteiger partial charge on any atom is 0.184 e. The summed E-state index contributed by atoms with van der Waals surface area (Å²) in [4.78, 5) is 6.53. The third-order valence-electron chi connectivity index (χ3n) is 2.57. The predicted molar refractivity (Wildman–Crippen MR) is 67.7 cm³/mol. The molecule has 1 aromatic heterocycles. The number of likely N-dealkylation sites (tertiary alicyclic amines) is 1. The highest BCUT2D eigenvalue weighted by molar-refractivity contribution is 6.69. The minimum atomic E-state index is -1.35. The fraction of sp³-hybridized carbons (Fsp3) is 0.583. The zero-order valence-electron chi connectivity index (χ0n) is 10.3. The first-order valence-corrected chi connectivity index (χ1v) is 9.23. The van der Waals surface area contributed by atoms with Crippen LogP contribution in [0.15, 0.2) is 24.5 Å². The molecule has 2 rings (SSSR count). The molecule has 0 atom stereocenters. The first kappa shape index (κ1) is 11.8. The molecule has 1 saturated heterocycles. The fourth-order valence-electron chi connectivity index (χ4n) is 1.98. The van der Waals surface area contributed by atoms with Crippen molar-refractivity contribution in [3.05, 3.63) is 30.1 Å². The van der Waals surface area contributed by atoms with Gasteiger partial charge in [0.2, 0.25) is 0 Å². The molecular weight excluding hydrogens is 216 g/mol. The fourth-order valence-corrected chi connectivity index (χ4v) is 3.13. The molecule has 0 spiro atoms. The van der Waals surface area contributed by atoms with Gasteiger partial charge in [0.15, 0.2) is 8.32 Å². The predicted octanol–water partition coefficient (Wildman–Crippen LogP) is 2.12. The van der Waals surface area contributed by atoms with E-state index in [1.54, 1.807) is 0 Å². The van der Waals surface area contributed by atoms with Gasteiger partial charge in [0.25, 0.3) is 0 Å². The van der Waals surface area contributed by atoms with Gasteiger partial charge in [-0.25, -0.2) is 0 Å². The van der Waals surface area contributed by atoms with E-state index in [2.05, 4.69) is 35.6 Å². The number of nitrogens with zero attached hydrogens (tertiary/aromatic N) is 2. The van der Waals surface area contributed by atoms with E-state index in [0.717, 1.165) is 19.6 Å². The molecule has 0 amide bonds. The van der Waals surface area contributed by atoms with Gasteiger partial charge in [-0.15, -0.1) is 0 Å². The van der Waals surface area contributed by atoms with Crippen molar-refractivity contribution in [1.29, 1.82) is 0 Å². The summed E-state index contributed by atoms with van der Waals surface area (Å²) in [5.41, 5.74) is 1.29. The second kappa shape index (κ2) is 4.65. The van der Waals surface area contributed by atoms with Crippen molar-refractivity contribution in [2.45, 2.75) is 32.3 Å². The molecule has 2 heterocycles. The van der Waals surface area contributed by atoms with Gasteiger partial charge >= 0.3 is 0 Å². The second-order valence-electron chi connectivity index (χ2n) is 5.41. The number of pyridine rings is 1. The van der Waals surface area contributed by atoms with Crippen LogP contribution in [0.1, 0.15) is 5.56 Å². The Morgan fingerprint density at radius 1 is 1.44 bits per heavy atom. The maximum absolute atomic E-state index is 6.02. The van der Waals surface area contributed by atoms with Gasteiger partial charge in [0.05, 0.1) is 6.10 Å². The summed E-state index contributed by atoms with van der Waals surface area (Å²) >= 11 is 0. The summed E-state index contributed by atoms with van der Waals surface area (Å²) < 4.78 is 6.02. The standard InChI is InChI=1S/C12H20N2OSi/c1-16(2,3)15-12-9-14(10-12)8-11-5-4-6-13-7-11/h4-7,12H,8-10H2,1-3H3. The van der Waals surface area contributed by atoms with Crippen LogP contribution in [0.2, 0.25) is 19.6 Å². The molecule has 0 aliphatic carbocycles. The first-order chi connectivity index (χ1) is 7.53. The lowest BCUT2D eigenvalue weighted by molar-refractivity contribution is 0.00949. The van der Waals surface area contributed by atoms with Gasteiger partial charge < -0.3 is 4.43 Å².